The van der Waals surface area contributed by atoms with Crippen molar-refractivity contribution in [3.63, 3.8) is 0 Å². The van der Waals surface area contributed by atoms with Crippen LogP contribution < -0.4 is 5.73 Å². The molecule has 25 heavy (non-hydrogen) atoms. The minimum absolute atomic E-state index is 0.0649. The number of piperazine rings is 1. The maximum atomic E-state index is 12.8. The Bertz CT molecular complexity index is 548. The number of carbonyl (C=O) groups is 1. The van der Waals surface area contributed by atoms with Crippen LogP contribution in [-0.4, -0.2) is 53.4 Å². The first-order valence-electron chi connectivity index (χ1n) is 9.75. The number of aromatic nitrogens is 1. The zero-order valence-electron chi connectivity index (χ0n) is 15.5. The fourth-order valence-electron chi connectivity index (χ4n) is 4.38. The van der Waals surface area contributed by atoms with Crippen molar-refractivity contribution in [2.75, 3.05) is 32.7 Å². The van der Waals surface area contributed by atoms with Crippen LogP contribution in [-0.2, 0) is 4.79 Å². The van der Waals surface area contributed by atoms with Crippen molar-refractivity contribution in [1.82, 2.24) is 14.8 Å². The van der Waals surface area contributed by atoms with Gasteiger partial charge in [-0.3, -0.25) is 14.7 Å². The maximum Gasteiger partial charge on any atom is 0.223 e. The van der Waals surface area contributed by atoms with E-state index in [4.69, 9.17) is 5.73 Å². The molecule has 1 aliphatic carbocycles. The highest BCUT2D eigenvalue weighted by Crippen LogP contribution is 2.38. The summed E-state index contributed by atoms with van der Waals surface area (Å²) in [6, 6.07) is 4.46. The van der Waals surface area contributed by atoms with Gasteiger partial charge in [-0.15, -0.1) is 0 Å². The molecule has 2 N–H and O–H groups in total. The van der Waals surface area contributed by atoms with Gasteiger partial charge in [0.25, 0.3) is 0 Å². The van der Waals surface area contributed by atoms with Crippen LogP contribution in [0.5, 0.6) is 0 Å². The van der Waals surface area contributed by atoms with Crippen molar-refractivity contribution >= 4 is 5.91 Å². The van der Waals surface area contributed by atoms with E-state index in [1.165, 1.54) is 24.8 Å². The molecule has 3 rings (SSSR count). The average molecular weight is 345 g/mol. The van der Waals surface area contributed by atoms with Crippen LogP contribution in [0.15, 0.2) is 24.5 Å². The summed E-state index contributed by atoms with van der Waals surface area (Å²) < 4.78 is 0. The van der Waals surface area contributed by atoms with E-state index in [0.29, 0.717) is 24.9 Å². The van der Waals surface area contributed by atoms with E-state index in [-0.39, 0.29) is 5.41 Å². The molecular formula is C20H32N4O. The first-order valence-corrected chi connectivity index (χ1v) is 9.75. The highest BCUT2D eigenvalue weighted by atomic mass is 16.2. The Hall–Kier alpha value is -1.46. The molecule has 1 aliphatic heterocycles. The molecule has 1 saturated heterocycles. The third-order valence-corrected chi connectivity index (χ3v) is 6.25. The third kappa shape index (κ3) is 4.39. The highest BCUT2D eigenvalue weighted by Gasteiger charge is 2.35. The van der Waals surface area contributed by atoms with Crippen LogP contribution in [0, 0.1) is 5.41 Å². The predicted octanol–water partition coefficient (Wildman–Crippen LogP) is 2.59. The van der Waals surface area contributed by atoms with Gasteiger partial charge in [-0.25, -0.2) is 0 Å². The topological polar surface area (TPSA) is 62.5 Å². The first kappa shape index (κ1) is 18.3. The van der Waals surface area contributed by atoms with Crippen molar-refractivity contribution in [3.05, 3.63) is 30.1 Å². The largest absolute Gasteiger partial charge is 0.340 e. The molecule has 0 spiro atoms. The van der Waals surface area contributed by atoms with Crippen molar-refractivity contribution in [2.45, 2.75) is 51.5 Å². The lowest BCUT2D eigenvalue weighted by molar-refractivity contribution is -0.136. The molecule has 1 amide bonds. The van der Waals surface area contributed by atoms with Crippen LogP contribution in [0.3, 0.4) is 0 Å². The number of nitrogens with zero attached hydrogens (tertiary/aromatic N) is 3. The van der Waals surface area contributed by atoms with E-state index in [2.05, 4.69) is 27.8 Å². The van der Waals surface area contributed by atoms with Gasteiger partial charge >= 0.3 is 0 Å². The molecule has 0 aromatic carbocycles. The summed E-state index contributed by atoms with van der Waals surface area (Å²) in [6.45, 7) is 6.37. The Kier molecular flexibility index (Phi) is 6.07. The summed E-state index contributed by atoms with van der Waals surface area (Å²) in [5.41, 5.74) is 7.36. The smallest absolute Gasteiger partial charge is 0.223 e. The highest BCUT2D eigenvalue weighted by molar-refractivity contribution is 5.77. The Labute approximate surface area is 151 Å². The van der Waals surface area contributed by atoms with Crippen LogP contribution in [0.25, 0.3) is 0 Å². The molecule has 2 fully saturated rings. The predicted molar refractivity (Wildman–Crippen MR) is 100.0 cm³/mol. The molecular weight excluding hydrogens is 312 g/mol. The number of amides is 1. The Balaban J connectivity index is 1.52. The molecule has 0 bridgehead atoms. The van der Waals surface area contributed by atoms with Gasteiger partial charge in [0.05, 0.1) is 0 Å². The normalized spacial score (nSPS) is 22.6. The summed E-state index contributed by atoms with van der Waals surface area (Å²) in [5.74, 6) is 0.307. The molecule has 1 saturated carbocycles. The molecule has 0 radical (unpaired) electrons. The Morgan fingerprint density at radius 3 is 2.56 bits per heavy atom. The first-order chi connectivity index (χ1) is 12.1. The molecule has 138 valence electrons. The van der Waals surface area contributed by atoms with Gasteiger partial charge in [-0.05, 0) is 43.4 Å². The van der Waals surface area contributed by atoms with E-state index in [0.717, 1.165) is 39.0 Å². The van der Waals surface area contributed by atoms with E-state index >= 15 is 0 Å². The van der Waals surface area contributed by atoms with Crippen LogP contribution >= 0.6 is 0 Å². The quantitative estimate of drug-likeness (QED) is 0.892. The lowest BCUT2D eigenvalue weighted by Crippen LogP contribution is -2.50. The van der Waals surface area contributed by atoms with Gasteiger partial charge in [0, 0.05) is 51.0 Å². The number of pyridine rings is 1. The number of hydrogen-bond acceptors (Lipinski definition) is 4. The molecule has 2 aliphatic rings. The molecule has 5 nitrogen and oxygen atoms in total. The second kappa shape index (κ2) is 8.28. The molecule has 2 heterocycles. The molecule has 1 aromatic rings. The van der Waals surface area contributed by atoms with Gasteiger partial charge in [0.2, 0.25) is 5.91 Å². The number of nitrogens with two attached hydrogens (primary N) is 1. The summed E-state index contributed by atoms with van der Waals surface area (Å²) >= 11 is 0. The second-order valence-electron chi connectivity index (χ2n) is 7.82. The van der Waals surface area contributed by atoms with E-state index in [1.54, 1.807) is 0 Å². The van der Waals surface area contributed by atoms with Gasteiger partial charge in [-0.2, -0.15) is 0 Å². The maximum absolute atomic E-state index is 12.8. The standard InChI is InChI=1S/C20H32N4O/c1-17(18-6-5-9-22-15-18)23-10-12-24(13-11-23)19(25)14-20(16-21)7-3-2-4-8-20/h5-6,9,15,17H,2-4,7-8,10-14,16,21H2,1H3. The molecule has 1 aromatic heterocycles. The fraction of sp³-hybridized carbons (Fsp3) is 0.700. The summed E-state index contributed by atoms with van der Waals surface area (Å²) in [5, 5.41) is 0. The molecule has 5 heteroatoms. The molecule has 1 unspecified atom stereocenters. The number of hydrogen-bond donors (Lipinski definition) is 1. The third-order valence-electron chi connectivity index (χ3n) is 6.25. The fourth-order valence-corrected chi connectivity index (χ4v) is 4.38. The zero-order valence-corrected chi connectivity index (χ0v) is 15.5. The van der Waals surface area contributed by atoms with Crippen molar-refractivity contribution in [2.24, 2.45) is 11.1 Å². The van der Waals surface area contributed by atoms with E-state index in [1.807, 2.05) is 18.5 Å². The average Bonchev–Trinajstić information content (AvgIpc) is 2.69. The lowest BCUT2D eigenvalue weighted by Gasteiger charge is -2.41. The van der Waals surface area contributed by atoms with Crippen molar-refractivity contribution in [1.29, 1.82) is 0 Å². The number of carbonyl (C=O) groups excluding carboxylic acids is 1. The van der Waals surface area contributed by atoms with Crippen molar-refractivity contribution < 1.29 is 4.79 Å². The SMILES string of the molecule is CC(c1cccnc1)N1CCN(C(=O)CC2(CN)CCCCC2)CC1. The summed E-state index contributed by atoms with van der Waals surface area (Å²) in [7, 11) is 0. The molecule has 1 atom stereocenters. The van der Waals surface area contributed by atoms with Crippen molar-refractivity contribution in [3.8, 4) is 0 Å². The lowest BCUT2D eigenvalue weighted by atomic mass is 9.71. The van der Waals surface area contributed by atoms with Gasteiger partial charge in [0.15, 0.2) is 0 Å². The van der Waals surface area contributed by atoms with Gasteiger partial charge < -0.3 is 10.6 Å². The Morgan fingerprint density at radius 2 is 1.96 bits per heavy atom. The van der Waals surface area contributed by atoms with Crippen LogP contribution in [0.1, 0.15) is 57.1 Å². The van der Waals surface area contributed by atoms with Gasteiger partial charge in [0.1, 0.15) is 0 Å². The number of rotatable bonds is 5. The minimum atomic E-state index is 0.0649. The van der Waals surface area contributed by atoms with Crippen LogP contribution in [0.2, 0.25) is 0 Å². The summed E-state index contributed by atoms with van der Waals surface area (Å²) in [6.07, 6.45) is 10.4. The van der Waals surface area contributed by atoms with E-state index < -0.39 is 0 Å². The minimum Gasteiger partial charge on any atom is -0.340 e. The Morgan fingerprint density at radius 1 is 1.24 bits per heavy atom. The zero-order chi connectivity index (χ0) is 17.7. The second-order valence-corrected chi connectivity index (χ2v) is 7.82. The van der Waals surface area contributed by atoms with E-state index in [9.17, 15) is 4.79 Å². The van der Waals surface area contributed by atoms with Crippen LogP contribution in [0.4, 0.5) is 0 Å². The van der Waals surface area contributed by atoms with Gasteiger partial charge in [-0.1, -0.05) is 25.3 Å². The monoisotopic (exact) mass is 344 g/mol. The summed E-state index contributed by atoms with van der Waals surface area (Å²) in [4.78, 5) is 21.5.